The van der Waals surface area contributed by atoms with Gasteiger partial charge < -0.3 is 10.1 Å². The molecule has 1 fully saturated rings. The molecule has 0 saturated carbocycles. The van der Waals surface area contributed by atoms with Crippen LogP contribution in [0.5, 0.6) is 0 Å². The van der Waals surface area contributed by atoms with Gasteiger partial charge in [-0.3, -0.25) is 4.79 Å². The second-order valence-corrected chi connectivity index (χ2v) is 6.39. The number of amides is 1. The Morgan fingerprint density at radius 2 is 2.53 bits per heavy atom. The molecule has 1 aromatic rings. The molecule has 82 valence electrons. The maximum Gasteiger partial charge on any atom is 0.252 e. The van der Waals surface area contributed by atoms with Crippen molar-refractivity contribution in [2.24, 2.45) is 0 Å². The molecule has 1 saturated heterocycles. The largest absolute Gasteiger partial charge is 0.376 e. The molecule has 0 radical (unpaired) electrons. The minimum atomic E-state index is 0.0107. The molecular weight excluding hydrogens is 325 g/mol. The van der Waals surface area contributed by atoms with Gasteiger partial charge in [0.15, 0.2) is 0 Å². The van der Waals surface area contributed by atoms with Crippen LogP contribution < -0.4 is 5.32 Å². The fourth-order valence-corrected chi connectivity index (χ4v) is 2.93. The molecule has 1 N–H and O–H groups in total. The number of ether oxygens (including phenoxy) is 1. The molecule has 1 aromatic heterocycles. The first kappa shape index (κ1) is 11.3. The number of hydrogen-bond donors (Lipinski definition) is 1. The van der Waals surface area contributed by atoms with Gasteiger partial charge in [0, 0.05) is 12.0 Å². The Kier molecular flexibility index (Phi) is 3.63. The summed E-state index contributed by atoms with van der Waals surface area (Å²) in [7, 11) is 0. The van der Waals surface area contributed by atoms with Crippen LogP contribution in [0.2, 0.25) is 0 Å². The van der Waals surface area contributed by atoms with Crippen molar-refractivity contribution in [2.75, 3.05) is 6.61 Å². The van der Waals surface area contributed by atoms with Crippen LogP contribution in [0.3, 0.4) is 0 Å². The molecule has 0 bridgehead atoms. The van der Waals surface area contributed by atoms with Gasteiger partial charge in [-0.25, -0.2) is 0 Å². The number of carbonyl (C=O) groups is 1. The molecule has 0 aromatic carbocycles. The molecule has 3 nitrogen and oxygen atoms in total. The summed E-state index contributed by atoms with van der Waals surface area (Å²) in [6.45, 7) is 2.74. The van der Waals surface area contributed by atoms with E-state index in [0.717, 1.165) is 21.5 Å². The van der Waals surface area contributed by atoms with E-state index in [0.29, 0.717) is 0 Å². The Bertz CT molecular complexity index is 366. The van der Waals surface area contributed by atoms with Gasteiger partial charge in [-0.05, 0) is 42.0 Å². The van der Waals surface area contributed by atoms with Crippen LogP contribution in [0, 0.1) is 2.88 Å². The van der Waals surface area contributed by atoms with Crippen LogP contribution in [0.15, 0.2) is 11.4 Å². The van der Waals surface area contributed by atoms with E-state index in [1.807, 2.05) is 18.4 Å². The number of carbonyl (C=O) groups excluding carboxylic acids is 1. The van der Waals surface area contributed by atoms with Crippen molar-refractivity contribution < 1.29 is 9.53 Å². The van der Waals surface area contributed by atoms with E-state index in [-0.39, 0.29) is 18.1 Å². The highest BCUT2D eigenvalue weighted by molar-refractivity contribution is 14.1. The molecule has 2 unspecified atom stereocenters. The Labute approximate surface area is 106 Å². The number of hydrogen-bond acceptors (Lipinski definition) is 3. The average Bonchev–Trinajstić information content (AvgIpc) is 2.77. The maximum absolute atomic E-state index is 11.8. The minimum Gasteiger partial charge on any atom is -0.376 e. The van der Waals surface area contributed by atoms with Gasteiger partial charge in [-0.1, -0.05) is 0 Å². The van der Waals surface area contributed by atoms with Gasteiger partial charge in [-0.2, -0.15) is 0 Å². The predicted molar refractivity (Wildman–Crippen MR) is 68.3 cm³/mol. The van der Waals surface area contributed by atoms with Gasteiger partial charge in [0.2, 0.25) is 0 Å². The van der Waals surface area contributed by atoms with Crippen LogP contribution in [0.4, 0.5) is 0 Å². The number of halogens is 1. The summed E-state index contributed by atoms with van der Waals surface area (Å²) in [6, 6.07) is 2.07. The molecule has 2 atom stereocenters. The standard InChI is InChI=1S/C10H12INO2S/c1-6-8(2-3-14-6)12-10(13)7-4-9(11)15-5-7/h4-6,8H,2-3H2,1H3,(H,12,13). The molecule has 5 heteroatoms. The third-order valence-electron chi connectivity index (χ3n) is 2.52. The van der Waals surface area contributed by atoms with Gasteiger partial charge in [0.1, 0.15) is 0 Å². The van der Waals surface area contributed by atoms with Crippen molar-refractivity contribution in [1.82, 2.24) is 5.32 Å². The normalized spacial score (nSPS) is 25.5. The molecule has 0 aliphatic carbocycles. The monoisotopic (exact) mass is 337 g/mol. The number of thiophene rings is 1. The van der Waals surface area contributed by atoms with Crippen molar-refractivity contribution in [3.05, 3.63) is 19.9 Å². The van der Waals surface area contributed by atoms with Gasteiger partial charge in [0.25, 0.3) is 5.91 Å². The van der Waals surface area contributed by atoms with E-state index in [9.17, 15) is 4.79 Å². The van der Waals surface area contributed by atoms with E-state index in [1.165, 1.54) is 0 Å². The zero-order valence-corrected chi connectivity index (χ0v) is 11.3. The van der Waals surface area contributed by atoms with Crippen molar-refractivity contribution in [3.8, 4) is 0 Å². The zero-order valence-electron chi connectivity index (χ0n) is 8.33. The summed E-state index contributed by atoms with van der Waals surface area (Å²) in [5.41, 5.74) is 0.753. The topological polar surface area (TPSA) is 38.3 Å². The smallest absolute Gasteiger partial charge is 0.252 e. The highest BCUT2D eigenvalue weighted by Gasteiger charge is 2.26. The van der Waals surface area contributed by atoms with Crippen LogP contribution in [0.25, 0.3) is 0 Å². The summed E-state index contributed by atoms with van der Waals surface area (Å²) < 4.78 is 6.53. The summed E-state index contributed by atoms with van der Waals surface area (Å²) in [5, 5.41) is 4.88. The minimum absolute atomic E-state index is 0.0107. The lowest BCUT2D eigenvalue weighted by molar-refractivity contribution is 0.0866. The first-order chi connectivity index (χ1) is 7.16. The second-order valence-electron chi connectivity index (χ2n) is 3.58. The highest BCUT2D eigenvalue weighted by Crippen LogP contribution is 2.18. The zero-order chi connectivity index (χ0) is 10.8. The number of nitrogens with one attached hydrogen (secondary N) is 1. The fourth-order valence-electron chi connectivity index (χ4n) is 1.60. The van der Waals surface area contributed by atoms with Crippen molar-refractivity contribution in [2.45, 2.75) is 25.5 Å². The van der Waals surface area contributed by atoms with Crippen LogP contribution in [0.1, 0.15) is 23.7 Å². The van der Waals surface area contributed by atoms with Crippen molar-refractivity contribution in [1.29, 1.82) is 0 Å². The second kappa shape index (κ2) is 4.80. The van der Waals surface area contributed by atoms with Crippen LogP contribution in [-0.4, -0.2) is 24.7 Å². The Morgan fingerprint density at radius 3 is 3.07 bits per heavy atom. The third-order valence-corrected chi connectivity index (χ3v) is 4.31. The first-order valence-electron chi connectivity index (χ1n) is 4.83. The SMILES string of the molecule is CC1OCCC1NC(=O)c1csc(I)c1. The highest BCUT2D eigenvalue weighted by atomic mass is 127. The predicted octanol–water partition coefficient (Wildman–Crippen LogP) is 2.26. The average molecular weight is 337 g/mol. The van der Waals surface area contributed by atoms with E-state index in [1.54, 1.807) is 11.3 Å². The summed E-state index contributed by atoms with van der Waals surface area (Å²) in [4.78, 5) is 11.8. The quantitative estimate of drug-likeness (QED) is 0.841. The molecular formula is C10H12INO2S. The molecule has 1 aliphatic rings. The van der Waals surface area contributed by atoms with Crippen molar-refractivity contribution >= 4 is 39.8 Å². The molecule has 1 amide bonds. The summed E-state index contributed by atoms with van der Waals surface area (Å²) >= 11 is 3.80. The summed E-state index contributed by atoms with van der Waals surface area (Å²) in [5.74, 6) is 0.0107. The van der Waals surface area contributed by atoms with Crippen molar-refractivity contribution in [3.63, 3.8) is 0 Å². The van der Waals surface area contributed by atoms with E-state index >= 15 is 0 Å². The lowest BCUT2D eigenvalue weighted by atomic mass is 10.1. The Balaban J connectivity index is 1.97. The van der Waals surface area contributed by atoms with E-state index in [4.69, 9.17) is 4.74 Å². The van der Waals surface area contributed by atoms with Crippen LogP contribution in [-0.2, 0) is 4.74 Å². The summed E-state index contributed by atoms with van der Waals surface area (Å²) in [6.07, 6.45) is 1.04. The van der Waals surface area contributed by atoms with E-state index < -0.39 is 0 Å². The van der Waals surface area contributed by atoms with Gasteiger partial charge >= 0.3 is 0 Å². The maximum atomic E-state index is 11.8. The third kappa shape index (κ3) is 2.70. The Hall–Kier alpha value is -0.140. The molecule has 1 aliphatic heterocycles. The van der Waals surface area contributed by atoms with E-state index in [2.05, 4.69) is 27.9 Å². The van der Waals surface area contributed by atoms with Crippen LogP contribution >= 0.6 is 33.9 Å². The lowest BCUT2D eigenvalue weighted by Crippen LogP contribution is -2.38. The lowest BCUT2D eigenvalue weighted by Gasteiger charge is -2.15. The number of rotatable bonds is 2. The molecule has 2 rings (SSSR count). The van der Waals surface area contributed by atoms with Gasteiger partial charge in [-0.15, -0.1) is 11.3 Å². The fraction of sp³-hybridized carbons (Fsp3) is 0.500. The first-order valence-corrected chi connectivity index (χ1v) is 6.79. The molecule has 15 heavy (non-hydrogen) atoms. The van der Waals surface area contributed by atoms with Gasteiger partial charge in [0.05, 0.1) is 20.6 Å². The Morgan fingerprint density at radius 1 is 1.73 bits per heavy atom. The molecule has 2 heterocycles. The molecule has 0 spiro atoms.